The maximum absolute atomic E-state index is 12.7. The summed E-state index contributed by atoms with van der Waals surface area (Å²) in [4.78, 5) is 21.5. The third kappa shape index (κ3) is 4.15. The molecule has 3 aromatic rings. The second-order valence-electron chi connectivity index (χ2n) is 7.36. The first-order valence-electron chi connectivity index (χ1n) is 9.84. The number of benzene rings is 2. The van der Waals surface area contributed by atoms with E-state index in [-0.39, 0.29) is 5.91 Å². The molecule has 0 saturated carbocycles. The van der Waals surface area contributed by atoms with Gasteiger partial charge in [-0.15, -0.1) is 0 Å². The summed E-state index contributed by atoms with van der Waals surface area (Å²) in [6.07, 6.45) is 4.36. The van der Waals surface area contributed by atoms with Crippen molar-refractivity contribution in [3.8, 4) is 0 Å². The Labute approximate surface area is 166 Å². The van der Waals surface area contributed by atoms with Crippen molar-refractivity contribution < 1.29 is 4.79 Å². The highest BCUT2D eigenvalue weighted by Crippen LogP contribution is 2.28. The van der Waals surface area contributed by atoms with Crippen molar-refractivity contribution in [1.29, 1.82) is 0 Å². The monoisotopic (exact) mass is 374 g/mol. The number of pyridine rings is 1. The number of carbonyl (C=O) groups is 1. The number of hydrogen-bond donors (Lipinski definition) is 1. The minimum Gasteiger partial charge on any atom is -0.368 e. The quantitative estimate of drug-likeness (QED) is 0.746. The Hall–Kier alpha value is -2.92. The smallest absolute Gasteiger partial charge is 0.251 e. The third-order valence-electron chi connectivity index (χ3n) is 5.41. The van der Waals surface area contributed by atoms with Gasteiger partial charge in [0.1, 0.15) is 0 Å². The number of nitrogens with zero attached hydrogens (tertiary/aromatic N) is 3. The molecule has 4 rings (SSSR count). The summed E-state index contributed by atoms with van der Waals surface area (Å²) in [5.74, 6) is -0.0239. The van der Waals surface area contributed by atoms with Gasteiger partial charge in [0.05, 0.1) is 0 Å². The minimum atomic E-state index is -0.0239. The van der Waals surface area contributed by atoms with E-state index < -0.39 is 0 Å². The van der Waals surface area contributed by atoms with Crippen molar-refractivity contribution in [1.82, 2.24) is 15.2 Å². The zero-order valence-electron chi connectivity index (χ0n) is 16.3. The molecule has 28 heavy (non-hydrogen) atoms. The Balaban J connectivity index is 1.50. The molecule has 0 bridgehead atoms. The van der Waals surface area contributed by atoms with E-state index in [1.807, 2.05) is 30.3 Å². The molecular weight excluding hydrogens is 348 g/mol. The number of piperazine rings is 1. The Morgan fingerprint density at radius 2 is 1.82 bits per heavy atom. The predicted octanol–water partition coefficient (Wildman–Crippen LogP) is 2.96. The van der Waals surface area contributed by atoms with E-state index in [9.17, 15) is 4.79 Å². The zero-order valence-corrected chi connectivity index (χ0v) is 16.3. The average Bonchev–Trinajstić information content (AvgIpc) is 2.74. The Morgan fingerprint density at radius 3 is 2.61 bits per heavy atom. The molecule has 1 fully saturated rings. The SMILES string of the molecule is CN1CCN(c2cccc3ccc(C(=O)NCCc4ccncc4)cc23)CC1. The van der Waals surface area contributed by atoms with Crippen LogP contribution in [0.4, 0.5) is 5.69 Å². The van der Waals surface area contributed by atoms with Crippen LogP contribution in [0, 0.1) is 0 Å². The van der Waals surface area contributed by atoms with E-state index in [1.165, 1.54) is 16.6 Å². The molecule has 144 valence electrons. The fraction of sp³-hybridized carbons (Fsp3) is 0.304. The summed E-state index contributed by atoms with van der Waals surface area (Å²) in [6.45, 7) is 4.76. The molecule has 1 amide bonds. The highest BCUT2D eigenvalue weighted by atomic mass is 16.1. The van der Waals surface area contributed by atoms with Gasteiger partial charge in [0, 0.05) is 61.8 Å². The van der Waals surface area contributed by atoms with Gasteiger partial charge >= 0.3 is 0 Å². The highest BCUT2D eigenvalue weighted by Gasteiger charge is 2.17. The van der Waals surface area contributed by atoms with E-state index in [0.29, 0.717) is 12.1 Å². The second kappa shape index (κ2) is 8.40. The summed E-state index contributed by atoms with van der Waals surface area (Å²) in [7, 11) is 2.16. The van der Waals surface area contributed by atoms with Gasteiger partial charge in [0.2, 0.25) is 0 Å². The van der Waals surface area contributed by atoms with Crippen molar-refractivity contribution in [2.24, 2.45) is 0 Å². The van der Waals surface area contributed by atoms with Crippen LogP contribution in [0.1, 0.15) is 15.9 Å². The van der Waals surface area contributed by atoms with Crippen molar-refractivity contribution in [2.75, 3.05) is 44.7 Å². The molecule has 0 unspecified atom stereocenters. The first-order valence-corrected chi connectivity index (χ1v) is 9.84. The summed E-state index contributed by atoms with van der Waals surface area (Å²) >= 11 is 0. The number of aromatic nitrogens is 1. The molecule has 5 heteroatoms. The van der Waals surface area contributed by atoms with Crippen LogP contribution < -0.4 is 10.2 Å². The molecule has 0 radical (unpaired) electrons. The average molecular weight is 374 g/mol. The lowest BCUT2D eigenvalue weighted by Crippen LogP contribution is -2.44. The number of rotatable bonds is 5. The van der Waals surface area contributed by atoms with Crippen LogP contribution in [-0.2, 0) is 6.42 Å². The van der Waals surface area contributed by atoms with Gasteiger partial charge in [-0.3, -0.25) is 9.78 Å². The molecule has 0 aliphatic carbocycles. The van der Waals surface area contributed by atoms with Gasteiger partial charge in [-0.1, -0.05) is 18.2 Å². The van der Waals surface area contributed by atoms with E-state index in [0.717, 1.165) is 38.0 Å². The Kier molecular flexibility index (Phi) is 5.53. The van der Waals surface area contributed by atoms with Crippen LogP contribution in [0.2, 0.25) is 0 Å². The lowest BCUT2D eigenvalue weighted by Gasteiger charge is -2.34. The van der Waals surface area contributed by atoms with Crippen LogP contribution in [-0.4, -0.2) is 55.6 Å². The summed E-state index contributed by atoms with van der Waals surface area (Å²) in [6, 6.07) is 16.3. The molecule has 1 aromatic heterocycles. The van der Waals surface area contributed by atoms with Gasteiger partial charge in [-0.25, -0.2) is 0 Å². The maximum Gasteiger partial charge on any atom is 0.251 e. The van der Waals surface area contributed by atoms with Crippen LogP contribution in [0.15, 0.2) is 60.9 Å². The number of amides is 1. The van der Waals surface area contributed by atoms with Gasteiger partial charge < -0.3 is 15.1 Å². The summed E-state index contributed by atoms with van der Waals surface area (Å²) < 4.78 is 0. The van der Waals surface area contributed by atoms with Crippen LogP contribution in [0.25, 0.3) is 10.8 Å². The fourth-order valence-electron chi connectivity index (χ4n) is 3.69. The van der Waals surface area contributed by atoms with Crippen molar-refractivity contribution >= 4 is 22.4 Å². The molecule has 1 N–H and O–H groups in total. The molecular formula is C23H26N4O. The highest BCUT2D eigenvalue weighted by molar-refractivity contribution is 6.02. The largest absolute Gasteiger partial charge is 0.368 e. The Morgan fingerprint density at radius 1 is 1.04 bits per heavy atom. The molecule has 0 spiro atoms. The molecule has 2 heterocycles. The van der Waals surface area contributed by atoms with Crippen LogP contribution in [0.5, 0.6) is 0 Å². The van der Waals surface area contributed by atoms with E-state index in [1.54, 1.807) is 12.4 Å². The normalized spacial score (nSPS) is 15.0. The number of fused-ring (bicyclic) bond motifs is 1. The summed E-state index contributed by atoms with van der Waals surface area (Å²) in [5.41, 5.74) is 3.10. The molecule has 1 saturated heterocycles. The number of nitrogens with one attached hydrogen (secondary N) is 1. The number of anilines is 1. The second-order valence-corrected chi connectivity index (χ2v) is 7.36. The molecule has 1 aliphatic heterocycles. The number of likely N-dealkylation sites (N-methyl/N-ethyl adjacent to an activating group) is 1. The van der Waals surface area contributed by atoms with Crippen molar-refractivity contribution in [2.45, 2.75) is 6.42 Å². The topological polar surface area (TPSA) is 48.5 Å². The predicted molar refractivity (Wildman–Crippen MR) is 114 cm³/mol. The molecule has 1 aliphatic rings. The lowest BCUT2D eigenvalue weighted by atomic mass is 10.0. The van der Waals surface area contributed by atoms with Gasteiger partial charge in [-0.05, 0) is 54.8 Å². The fourth-order valence-corrected chi connectivity index (χ4v) is 3.69. The van der Waals surface area contributed by atoms with Crippen molar-refractivity contribution in [3.63, 3.8) is 0 Å². The summed E-state index contributed by atoms with van der Waals surface area (Å²) in [5, 5.41) is 5.36. The Bertz CT molecular complexity index is 949. The third-order valence-corrected chi connectivity index (χ3v) is 5.41. The van der Waals surface area contributed by atoms with E-state index >= 15 is 0 Å². The first-order chi connectivity index (χ1) is 13.7. The van der Waals surface area contributed by atoms with Gasteiger partial charge in [0.25, 0.3) is 5.91 Å². The molecule has 0 atom stereocenters. The van der Waals surface area contributed by atoms with Gasteiger partial charge in [0.15, 0.2) is 0 Å². The van der Waals surface area contributed by atoms with E-state index in [2.05, 4.69) is 45.3 Å². The zero-order chi connectivity index (χ0) is 19.3. The first kappa shape index (κ1) is 18.4. The minimum absolute atomic E-state index is 0.0239. The number of hydrogen-bond acceptors (Lipinski definition) is 4. The van der Waals surface area contributed by atoms with E-state index in [4.69, 9.17) is 0 Å². The van der Waals surface area contributed by atoms with Gasteiger partial charge in [-0.2, -0.15) is 0 Å². The standard InChI is InChI=1S/C23H26N4O/c1-26-13-15-27(16-14-26)22-4-2-3-19-5-6-20(17-21(19)22)23(28)25-12-9-18-7-10-24-11-8-18/h2-8,10-11,17H,9,12-16H2,1H3,(H,25,28). The van der Waals surface area contributed by atoms with Crippen molar-refractivity contribution in [3.05, 3.63) is 72.1 Å². The lowest BCUT2D eigenvalue weighted by molar-refractivity contribution is 0.0954. The maximum atomic E-state index is 12.7. The number of carbonyl (C=O) groups excluding carboxylic acids is 1. The van der Waals surface area contributed by atoms with Crippen LogP contribution >= 0.6 is 0 Å². The van der Waals surface area contributed by atoms with Crippen LogP contribution in [0.3, 0.4) is 0 Å². The molecule has 5 nitrogen and oxygen atoms in total. The molecule has 2 aromatic carbocycles.